The van der Waals surface area contributed by atoms with E-state index in [-0.39, 0.29) is 13.0 Å². The molecule has 0 aliphatic rings. The Bertz CT molecular complexity index is 1090. The molecule has 0 heterocycles. The molecular weight excluding hydrogens is 394 g/mol. The molecule has 0 saturated heterocycles. The number of ether oxygens (including phenoxy) is 2. The van der Waals surface area contributed by atoms with Gasteiger partial charge in [-0.3, -0.25) is 4.79 Å². The summed E-state index contributed by atoms with van der Waals surface area (Å²) < 4.78 is 11.1. The van der Waals surface area contributed by atoms with E-state index in [1.54, 1.807) is 48.5 Å². The molecule has 2 amide bonds. The monoisotopic (exact) mass is 415 g/mol. The maximum absolute atomic E-state index is 12.4. The molecule has 0 radical (unpaired) electrons. The highest BCUT2D eigenvalue weighted by atomic mass is 16.5. The minimum absolute atomic E-state index is 0.0387. The highest BCUT2D eigenvalue weighted by Crippen LogP contribution is 2.26. The van der Waals surface area contributed by atoms with Crippen molar-refractivity contribution in [3.05, 3.63) is 95.6 Å². The van der Waals surface area contributed by atoms with Crippen molar-refractivity contribution >= 4 is 12.0 Å². The molecule has 0 spiro atoms. The second kappa shape index (κ2) is 10.5. The fraction of sp³-hybridized carbons (Fsp3) is 0.125. The molecule has 3 aromatic carbocycles. The predicted octanol–water partition coefficient (Wildman–Crippen LogP) is 4.19. The van der Waals surface area contributed by atoms with E-state index in [2.05, 4.69) is 11.4 Å². The fourth-order valence-corrected chi connectivity index (χ4v) is 2.98. The van der Waals surface area contributed by atoms with E-state index < -0.39 is 18.0 Å². The Balaban J connectivity index is 1.70. The Labute approximate surface area is 180 Å². The van der Waals surface area contributed by atoms with Crippen LogP contribution in [0.15, 0.2) is 78.9 Å². The molecule has 7 heteroatoms. The molecule has 3 N–H and O–H groups in total. The van der Waals surface area contributed by atoms with E-state index in [0.29, 0.717) is 28.2 Å². The average molecular weight is 415 g/mol. The molecule has 3 aromatic rings. The summed E-state index contributed by atoms with van der Waals surface area (Å²) in [4.78, 5) is 23.9. The van der Waals surface area contributed by atoms with Crippen molar-refractivity contribution in [1.82, 2.24) is 5.32 Å². The number of nitrogens with one attached hydrogen (secondary N) is 1. The van der Waals surface area contributed by atoms with Crippen LogP contribution in [0.1, 0.15) is 29.2 Å². The normalized spacial score (nSPS) is 11.1. The van der Waals surface area contributed by atoms with Crippen LogP contribution in [-0.2, 0) is 16.1 Å². The van der Waals surface area contributed by atoms with Gasteiger partial charge in [0.1, 0.15) is 18.1 Å². The van der Waals surface area contributed by atoms with Crippen LogP contribution >= 0.6 is 0 Å². The number of urea groups is 1. The number of esters is 1. The lowest BCUT2D eigenvalue weighted by Gasteiger charge is -2.18. The summed E-state index contributed by atoms with van der Waals surface area (Å²) in [5.41, 5.74) is 6.99. The highest BCUT2D eigenvalue weighted by Gasteiger charge is 2.19. The molecule has 0 unspecified atom stereocenters. The SMILES string of the molecule is N#Cc1ccccc1COC(=O)C[C@@H](NC(N)=O)c1cccc(Oc2ccccc2)c1. The average Bonchev–Trinajstić information content (AvgIpc) is 2.78. The van der Waals surface area contributed by atoms with Gasteiger partial charge in [-0.15, -0.1) is 0 Å². The number of nitrogens with zero attached hydrogens (tertiary/aromatic N) is 1. The van der Waals surface area contributed by atoms with E-state index in [9.17, 15) is 9.59 Å². The van der Waals surface area contributed by atoms with Gasteiger partial charge >= 0.3 is 12.0 Å². The molecule has 0 aliphatic carbocycles. The van der Waals surface area contributed by atoms with Crippen LogP contribution in [0.25, 0.3) is 0 Å². The molecule has 0 bridgehead atoms. The second-order valence-corrected chi connectivity index (χ2v) is 6.68. The number of amides is 2. The van der Waals surface area contributed by atoms with Crippen LogP contribution in [0.5, 0.6) is 11.5 Å². The zero-order valence-electron chi connectivity index (χ0n) is 16.7. The third-order valence-corrected chi connectivity index (χ3v) is 4.45. The van der Waals surface area contributed by atoms with Gasteiger partial charge in [0.05, 0.1) is 24.1 Å². The smallest absolute Gasteiger partial charge is 0.312 e. The van der Waals surface area contributed by atoms with Crippen molar-refractivity contribution in [3.63, 3.8) is 0 Å². The standard InChI is InChI=1S/C24H21N3O4/c25-15-18-7-4-5-8-19(18)16-30-23(28)14-22(27-24(26)29)17-9-6-12-21(13-17)31-20-10-2-1-3-11-20/h1-13,22H,14,16H2,(H3,26,27,29)/t22-/m1/s1. The second-order valence-electron chi connectivity index (χ2n) is 6.68. The lowest BCUT2D eigenvalue weighted by atomic mass is 10.0. The summed E-state index contributed by atoms with van der Waals surface area (Å²) in [5, 5.41) is 11.7. The van der Waals surface area contributed by atoms with Crippen LogP contribution in [0.2, 0.25) is 0 Å². The van der Waals surface area contributed by atoms with Crippen LogP contribution in [0, 0.1) is 11.3 Å². The van der Waals surface area contributed by atoms with Crippen molar-refractivity contribution in [2.45, 2.75) is 19.1 Å². The number of benzene rings is 3. The third kappa shape index (κ3) is 6.34. The van der Waals surface area contributed by atoms with E-state index in [1.807, 2.05) is 30.3 Å². The summed E-state index contributed by atoms with van der Waals surface area (Å²) in [6.07, 6.45) is -0.132. The third-order valence-electron chi connectivity index (χ3n) is 4.45. The first kappa shape index (κ1) is 21.4. The van der Waals surface area contributed by atoms with E-state index in [4.69, 9.17) is 20.5 Å². The van der Waals surface area contributed by atoms with E-state index in [1.165, 1.54) is 0 Å². The molecule has 0 aromatic heterocycles. The molecule has 31 heavy (non-hydrogen) atoms. The number of para-hydroxylation sites is 1. The van der Waals surface area contributed by atoms with Gasteiger partial charge in [0, 0.05) is 5.56 Å². The highest BCUT2D eigenvalue weighted by molar-refractivity contribution is 5.75. The van der Waals surface area contributed by atoms with Crippen LogP contribution < -0.4 is 15.8 Å². The number of nitriles is 1. The number of nitrogens with two attached hydrogens (primary N) is 1. The molecule has 156 valence electrons. The summed E-state index contributed by atoms with van der Waals surface area (Å²) in [6.45, 7) is -0.0387. The lowest BCUT2D eigenvalue weighted by Crippen LogP contribution is -2.34. The number of hydrogen-bond donors (Lipinski definition) is 2. The first-order chi connectivity index (χ1) is 15.0. The van der Waals surface area contributed by atoms with Crippen LogP contribution in [0.4, 0.5) is 4.79 Å². The summed E-state index contributed by atoms with van der Waals surface area (Å²) >= 11 is 0. The lowest BCUT2D eigenvalue weighted by molar-refractivity contribution is -0.145. The number of carbonyl (C=O) groups excluding carboxylic acids is 2. The molecular formula is C24H21N3O4. The molecule has 1 atom stereocenters. The maximum Gasteiger partial charge on any atom is 0.312 e. The topological polar surface area (TPSA) is 114 Å². The van der Waals surface area contributed by atoms with Gasteiger partial charge in [0.25, 0.3) is 0 Å². The van der Waals surface area contributed by atoms with Gasteiger partial charge < -0.3 is 20.5 Å². The van der Waals surface area contributed by atoms with Crippen LogP contribution in [0.3, 0.4) is 0 Å². The number of carbonyl (C=O) groups is 2. The zero-order valence-corrected chi connectivity index (χ0v) is 16.7. The Morgan fingerprint density at radius 2 is 1.68 bits per heavy atom. The van der Waals surface area contributed by atoms with Gasteiger partial charge in [-0.05, 0) is 35.9 Å². The Morgan fingerprint density at radius 3 is 2.42 bits per heavy atom. The zero-order chi connectivity index (χ0) is 22.1. The van der Waals surface area contributed by atoms with Crippen molar-refractivity contribution in [2.24, 2.45) is 5.73 Å². The Hall–Kier alpha value is -4.31. The Kier molecular flexibility index (Phi) is 7.22. The van der Waals surface area contributed by atoms with Crippen molar-refractivity contribution in [2.75, 3.05) is 0 Å². The van der Waals surface area contributed by atoms with Crippen LogP contribution in [-0.4, -0.2) is 12.0 Å². The predicted molar refractivity (Wildman–Crippen MR) is 114 cm³/mol. The van der Waals surface area contributed by atoms with Gasteiger partial charge in [0.2, 0.25) is 0 Å². The summed E-state index contributed by atoms with van der Waals surface area (Å²) in [5.74, 6) is 0.673. The fourth-order valence-electron chi connectivity index (χ4n) is 2.98. The molecule has 7 nitrogen and oxygen atoms in total. The van der Waals surface area contributed by atoms with Crippen molar-refractivity contribution in [3.8, 4) is 17.6 Å². The molecule has 0 aliphatic heterocycles. The minimum atomic E-state index is -0.762. The summed E-state index contributed by atoms with van der Waals surface area (Å²) in [6, 6.07) is 23.7. The quantitative estimate of drug-likeness (QED) is 0.535. The van der Waals surface area contributed by atoms with Gasteiger partial charge in [0.15, 0.2) is 0 Å². The van der Waals surface area contributed by atoms with Gasteiger partial charge in [-0.2, -0.15) is 5.26 Å². The largest absolute Gasteiger partial charge is 0.461 e. The first-order valence-corrected chi connectivity index (χ1v) is 9.57. The molecule has 0 fully saturated rings. The number of primary amides is 1. The van der Waals surface area contributed by atoms with E-state index >= 15 is 0 Å². The maximum atomic E-state index is 12.4. The van der Waals surface area contributed by atoms with Crippen molar-refractivity contribution in [1.29, 1.82) is 5.26 Å². The number of rotatable bonds is 8. The Morgan fingerprint density at radius 1 is 0.968 bits per heavy atom. The van der Waals surface area contributed by atoms with Crippen molar-refractivity contribution < 1.29 is 19.1 Å². The summed E-state index contributed by atoms with van der Waals surface area (Å²) in [7, 11) is 0. The van der Waals surface area contributed by atoms with Gasteiger partial charge in [-0.1, -0.05) is 48.5 Å². The molecule has 3 rings (SSSR count). The minimum Gasteiger partial charge on any atom is -0.461 e. The molecule has 0 saturated carbocycles. The first-order valence-electron chi connectivity index (χ1n) is 9.57. The van der Waals surface area contributed by atoms with Gasteiger partial charge in [-0.25, -0.2) is 4.79 Å². The number of hydrogen-bond acceptors (Lipinski definition) is 5. The van der Waals surface area contributed by atoms with E-state index in [0.717, 1.165) is 0 Å².